The van der Waals surface area contributed by atoms with Crippen molar-refractivity contribution in [3.8, 4) is 0 Å². The molecule has 0 unspecified atom stereocenters. The molecule has 0 radical (unpaired) electrons. The molecule has 1 amide bonds. The highest BCUT2D eigenvalue weighted by molar-refractivity contribution is 5.86. The van der Waals surface area contributed by atoms with Gasteiger partial charge in [0, 0.05) is 39.2 Å². The molecular weight excluding hydrogens is 230 g/mol. The van der Waals surface area contributed by atoms with Gasteiger partial charge < -0.3 is 15.4 Å². The second-order valence-electron chi connectivity index (χ2n) is 4.79. The summed E-state index contributed by atoms with van der Waals surface area (Å²) < 4.78 is 5.25. The molecule has 0 bridgehead atoms. The maximum atomic E-state index is 12.4. The zero-order valence-electron chi connectivity index (χ0n) is 10.6. The molecule has 0 aliphatic carbocycles. The van der Waals surface area contributed by atoms with E-state index in [1.54, 1.807) is 24.3 Å². The van der Waals surface area contributed by atoms with Crippen LogP contribution in [0.25, 0.3) is 0 Å². The van der Waals surface area contributed by atoms with Crippen LogP contribution in [-0.2, 0) is 16.1 Å². The van der Waals surface area contributed by atoms with Crippen LogP contribution in [0.1, 0.15) is 18.4 Å². The lowest BCUT2D eigenvalue weighted by atomic mass is 9.90. The van der Waals surface area contributed by atoms with Gasteiger partial charge in [-0.1, -0.05) is 0 Å². The van der Waals surface area contributed by atoms with E-state index < -0.39 is 5.54 Å². The number of hydrogen-bond donors (Lipinski definition) is 1. The second kappa shape index (κ2) is 5.46. The topological polar surface area (TPSA) is 68.5 Å². The van der Waals surface area contributed by atoms with Crippen LogP contribution in [0.15, 0.2) is 24.5 Å². The molecule has 0 spiro atoms. The molecule has 1 fully saturated rings. The van der Waals surface area contributed by atoms with Crippen molar-refractivity contribution in [3.63, 3.8) is 0 Å². The first kappa shape index (κ1) is 13.0. The molecule has 1 aliphatic heterocycles. The van der Waals surface area contributed by atoms with Crippen LogP contribution >= 0.6 is 0 Å². The summed E-state index contributed by atoms with van der Waals surface area (Å²) in [6, 6.07) is 3.80. The highest BCUT2D eigenvalue weighted by atomic mass is 16.5. The fourth-order valence-electron chi connectivity index (χ4n) is 2.16. The van der Waals surface area contributed by atoms with E-state index in [0.717, 1.165) is 5.56 Å². The molecule has 18 heavy (non-hydrogen) atoms. The van der Waals surface area contributed by atoms with Crippen molar-refractivity contribution in [2.75, 3.05) is 20.3 Å². The highest BCUT2D eigenvalue weighted by Gasteiger charge is 2.37. The van der Waals surface area contributed by atoms with Crippen LogP contribution in [0.4, 0.5) is 0 Å². The minimum Gasteiger partial charge on any atom is -0.381 e. The van der Waals surface area contributed by atoms with E-state index in [-0.39, 0.29) is 5.91 Å². The van der Waals surface area contributed by atoms with Gasteiger partial charge in [0.2, 0.25) is 5.91 Å². The Bertz CT molecular complexity index is 402. The third-order valence-corrected chi connectivity index (χ3v) is 3.33. The summed E-state index contributed by atoms with van der Waals surface area (Å²) in [5.41, 5.74) is 6.46. The number of rotatable bonds is 3. The molecule has 1 aromatic rings. The van der Waals surface area contributed by atoms with E-state index in [1.165, 1.54) is 0 Å². The zero-order chi connectivity index (χ0) is 13.0. The van der Waals surface area contributed by atoms with E-state index in [1.807, 2.05) is 12.1 Å². The number of carbonyl (C=O) groups is 1. The fourth-order valence-corrected chi connectivity index (χ4v) is 2.16. The van der Waals surface area contributed by atoms with Crippen LogP contribution < -0.4 is 5.73 Å². The number of likely N-dealkylation sites (N-methyl/N-ethyl adjacent to an activating group) is 1. The maximum Gasteiger partial charge on any atom is 0.242 e. The Morgan fingerprint density at radius 1 is 1.44 bits per heavy atom. The van der Waals surface area contributed by atoms with E-state index >= 15 is 0 Å². The maximum absolute atomic E-state index is 12.4. The first-order valence-corrected chi connectivity index (χ1v) is 6.13. The molecule has 0 saturated carbocycles. The monoisotopic (exact) mass is 249 g/mol. The Morgan fingerprint density at radius 2 is 2.06 bits per heavy atom. The summed E-state index contributed by atoms with van der Waals surface area (Å²) in [5, 5.41) is 0. The zero-order valence-corrected chi connectivity index (χ0v) is 10.6. The van der Waals surface area contributed by atoms with Crippen LogP contribution in [0, 0.1) is 0 Å². The molecule has 2 rings (SSSR count). The van der Waals surface area contributed by atoms with Crippen LogP contribution in [0.3, 0.4) is 0 Å². The van der Waals surface area contributed by atoms with E-state index in [0.29, 0.717) is 32.6 Å². The standard InChI is InChI=1S/C13H19N3O2/c1-16(10-11-2-6-15-7-3-11)12(17)13(14)4-8-18-9-5-13/h2-3,6-7H,4-5,8-10,14H2,1H3. The summed E-state index contributed by atoms with van der Waals surface area (Å²) >= 11 is 0. The van der Waals surface area contributed by atoms with E-state index in [9.17, 15) is 4.79 Å². The number of carbonyl (C=O) groups excluding carboxylic acids is 1. The van der Waals surface area contributed by atoms with Crippen molar-refractivity contribution < 1.29 is 9.53 Å². The smallest absolute Gasteiger partial charge is 0.242 e. The first-order valence-electron chi connectivity index (χ1n) is 6.13. The predicted molar refractivity (Wildman–Crippen MR) is 67.7 cm³/mol. The molecule has 1 aromatic heterocycles. The largest absolute Gasteiger partial charge is 0.381 e. The molecule has 1 saturated heterocycles. The Kier molecular flexibility index (Phi) is 3.93. The van der Waals surface area contributed by atoms with Gasteiger partial charge in [-0.25, -0.2) is 0 Å². The Morgan fingerprint density at radius 3 is 2.67 bits per heavy atom. The summed E-state index contributed by atoms with van der Waals surface area (Å²) in [5.74, 6) is -0.0115. The lowest BCUT2D eigenvalue weighted by Crippen LogP contribution is -2.57. The minimum absolute atomic E-state index is 0.0115. The lowest BCUT2D eigenvalue weighted by molar-refractivity contribution is -0.139. The summed E-state index contributed by atoms with van der Waals surface area (Å²) in [4.78, 5) is 18.0. The van der Waals surface area contributed by atoms with Gasteiger partial charge in [0.25, 0.3) is 0 Å². The van der Waals surface area contributed by atoms with Gasteiger partial charge in [0.15, 0.2) is 0 Å². The Hall–Kier alpha value is -1.46. The van der Waals surface area contributed by atoms with E-state index in [4.69, 9.17) is 10.5 Å². The third-order valence-electron chi connectivity index (χ3n) is 3.33. The SMILES string of the molecule is CN(Cc1ccncc1)C(=O)C1(N)CCOCC1. The third kappa shape index (κ3) is 2.86. The minimum atomic E-state index is -0.764. The Labute approximate surface area is 107 Å². The van der Waals surface area contributed by atoms with Crippen molar-refractivity contribution in [3.05, 3.63) is 30.1 Å². The molecule has 5 heteroatoms. The summed E-state index contributed by atoms with van der Waals surface area (Å²) in [6.45, 7) is 1.68. The van der Waals surface area contributed by atoms with Crippen LogP contribution in [0.5, 0.6) is 0 Å². The predicted octanol–water partition coefficient (Wildman–Crippen LogP) is 0.548. The second-order valence-corrected chi connectivity index (χ2v) is 4.79. The lowest BCUT2D eigenvalue weighted by Gasteiger charge is -2.35. The van der Waals surface area contributed by atoms with Gasteiger partial charge in [-0.3, -0.25) is 9.78 Å². The molecule has 2 heterocycles. The number of pyridine rings is 1. The van der Waals surface area contributed by atoms with Gasteiger partial charge in [-0.15, -0.1) is 0 Å². The number of ether oxygens (including phenoxy) is 1. The van der Waals surface area contributed by atoms with Crippen molar-refractivity contribution in [1.82, 2.24) is 9.88 Å². The number of aromatic nitrogens is 1. The molecule has 1 aliphatic rings. The van der Waals surface area contributed by atoms with Gasteiger partial charge in [0.1, 0.15) is 0 Å². The van der Waals surface area contributed by atoms with Crippen molar-refractivity contribution in [2.45, 2.75) is 24.9 Å². The Balaban J connectivity index is 2.00. The first-order chi connectivity index (χ1) is 8.62. The van der Waals surface area contributed by atoms with E-state index in [2.05, 4.69) is 4.98 Å². The van der Waals surface area contributed by atoms with Crippen molar-refractivity contribution >= 4 is 5.91 Å². The number of hydrogen-bond acceptors (Lipinski definition) is 4. The molecular formula is C13H19N3O2. The fraction of sp³-hybridized carbons (Fsp3) is 0.538. The summed E-state index contributed by atoms with van der Waals surface area (Å²) in [6.07, 6.45) is 4.62. The van der Waals surface area contributed by atoms with Gasteiger partial charge in [-0.05, 0) is 30.5 Å². The molecule has 2 N–H and O–H groups in total. The average Bonchev–Trinajstić information content (AvgIpc) is 2.40. The van der Waals surface area contributed by atoms with Gasteiger partial charge in [-0.2, -0.15) is 0 Å². The van der Waals surface area contributed by atoms with Crippen molar-refractivity contribution in [1.29, 1.82) is 0 Å². The molecule has 98 valence electrons. The molecule has 0 aromatic carbocycles. The molecule has 0 atom stereocenters. The quantitative estimate of drug-likeness (QED) is 0.849. The van der Waals surface area contributed by atoms with Gasteiger partial charge in [0.05, 0.1) is 5.54 Å². The number of amides is 1. The normalized spacial score (nSPS) is 18.3. The van der Waals surface area contributed by atoms with Gasteiger partial charge >= 0.3 is 0 Å². The molecule has 5 nitrogen and oxygen atoms in total. The number of nitrogens with two attached hydrogens (primary N) is 1. The van der Waals surface area contributed by atoms with Crippen molar-refractivity contribution in [2.24, 2.45) is 5.73 Å². The summed E-state index contributed by atoms with van der Waals surface area (Å²) in [7, 11) is 1.78. The number of nitrogens with zero attached hydrogens (tertiary/aromatic N) is 2. The van der Waals surface area contributed by atoms with Crippen LogP contribution in [0.2, 0.25) is 0 Å². The average molecular weight is 249 g/mol. The highest BCUT2D eigenvalue weighted by Crippen LogP contribution is 2.20. The van der Waals surface area contributed by atoms with Crippen LogP contribution in [-0.4, -0.2) is 41.6 Å².